The normalized spacial score (nSPS) is 19.2. The molecule has 4 unspecified atom stereocenters. The van der Waals surface area contributed by atoms with Gasteiger partial charge in [-0.1, -0.05) is 13.8 Å². The number of hydrogen-bond donors (Lipinski definition) is 5. The van der Waals surface area contributed by atoms with Crippen molar-refractivity contribution in [1.82, 2.24) is 25.5 Å². The van der Waals surface area contributed by atoms with Gasteiger partial charge in [0.05, 0.1) is 12.4 Å². The Morgan fingerprint density at radius 3 is 2.53 bits per heavy atom. The Kier molecular flexibility index (Phi) is 7.93. The number of aromatic nitrogens is 2. The third-order valence-electron chi connectivity index (χ3n) is 5.07. The van der Waals surface area contributed by atoms with E-state index in [1.54, 1.807) is 20.8 Å². The average molecular weight is 422 g/mol. The number of carbonyl (C=O) groups excluding carboxylic acids is 3. The first-order valence-electron chi connectivity index (χ1n) is 9.98. The van der Waals surface area contributed by atoms with Crippen molar-refractivity contribution in [3.63, 3.8) is 0 Å². The minimum atomic E-state index is -1.20. The lowest BCUT2D eigenvalue weighted by Crippen LogP contribution is -2.58. The molecule has 1 saturated heterocycles. The van der Waals surface area contributed by atoms with Crippen LogP contribution >= 0.6 is 0 Å². The second-order valence-electron chi connectivity index (χ2n) is 7.89. The molecular weight excluding hydrogens is 392 g/mol. The fraction of sp³-hybridized carbons (Fsp3) is 0.632. The van der Waals surface area contributed by atoms with Gasteiger partial charge in [-0.25, -0.2) is 9.78 Å². The number of carbonyl (C=O) groups is 4. The first-order valence-corrected chi connectivity index (χ1v) is 9.98. The molecule has 11 heteroatoms. The molecule has 0 aromatic carbocycles. The number of likely N-dealkylation sites (tertiary alicyclic amines) is 1. The van der Waals surface area contributed by atoms with Crippen LogP contribution in [0.5, 0.6) is 0 Å². The zero-order chi connectivity index (χ0) is 22.4. The van der Waals surface area contributed by atoms with Crippen molar-refractivity contribution in [3.05, 3.63) is 18.2 Å². The molecule has 1 aromatic heterocycles. The molecule has 1 aliphatic heterocycles. The van der Waals surface area contributed by atoms with Crippen LogP contribution in [0.15, 0.2) is 12.5 Å². The highest BCUT2D eigenvalue weighted by Crippen LogP contribution is 2.19. The van der Waals surface area contributed by atoms with Crippen molar-refractivity contribution in [1.29, 1.82) is 0 Å². The van der Waals surface area contributed by atoms with E-state index in [4.69, 9.17) is 5.73 Å². The Bertz CT molecular complexity index is 763. The summed E-state index contributed by atoms with van der Waals surface area (Å²) in [6.07, 6.45) is 4.08. The molecular formula is C19H30N6O5. The molecule has 0 saturated carbocycles. The minimum absolute atomic E-state index is 0.0269. The number of hydrogen-bond acceptors (Lipinski definition) is 6. The van der Waals surface area contributed by atoms with Gasteiger partial charge in [-0.15, -0.1) is 0 Å². The number of carboxylic acids is 1. The van der Waals surface area contributed by atoms with E-state index in [9.17, 15) is 24.3 Å². The summed E-state index contributed by atoms with van der Waals surface area (Å²) in [6.45, 7) is 5.48. The highest BCUT2D eigenvalue weighted by molar-refractivity contribution is 5.94. The van der Waals surface area contributed by atoms with Crippen LogP contribution in [0.1, 0.15) is 39.3 Å². The number of H-pyrrole nitrogens is 1. The predicted molar refractivity (Wildman–Crippen MR) is 107 cm³/mol. The molecule has 166 valence electrons. The lowest BCUT2D eigenvalue weighted by Gasteiger charge is -2.29. The lowest BCUT2D eigenvalue weighted by atomic mass is 10.0. The van der Waals surface area contributed by atoms with E-state index in [0.29, 0.717) is 25.1 Å². The lowest BCUT2D eigenvalue weighted by molar-refractivity contribution is -0.143. The van der Waals surface area contributed by atoms with Crippen LogP contribution < -0.4 is 16.4 Å². The Labute approximate surface area is 174 Å². The van der Waals surface area contributed by atoms with Crippen molar-refractivity contribution < 1.29 is 24.3 Å². The third kappa shape index (κ3) is 5.78. The molecule has 3 amide bonds. The van der Waals surface area contributed by atoms with Gasteiger partial charge >= 0.3 is 5.97 Å². The number of imidazole rings is 1. The van der Waals surface area contributed by atoms with Gasteiger partial charge in [-0.2, -0.15) is 0 Å². The van der Waals surface area contributed by atoms with E-state index < -0.39 is 42.0 Å². The van der Waals surface area contributed by atoms with Gasteiger partial charge in [-0.3, -0.25) is 14.4 Å². The number of carboxylic acid groups (broad SMARTS) is 1. The quantitative estimate of drug-likeness (QED) is 0.340. The van der Waals surface area contributed by atoms with E-state index in [-0.39, 0.29) is 18.2 Å². The van der Waals surface area contributed by atoms with E-state index in [1.807, 2.05) is 0 Å². The summed E-state index contributed by atoms with van der Waals surface area (Å²) >= 11 is 0. The molecule has 1 aromatic rings. The largest absolute Gasteiger partial charge is 0.480 e. The molecule has 4 atom stereocenters. The van der Waals surface area contributed by atoms with E-state index in [2.05, 4.69) is 20.6 Å². The Morgan fingerprint density at radius 1 is 1.30 bits per heavy atom. The highest BCUT2D eigenvalue weighted by Gasteiger charge is 2.37. The summed E-state index contributed by atoms with van der Waals surface area (Å²) in [5.74, 6) is -2.86. The van der Waals surface area contributed by atoms with E-state index in [1.165, 1.54) is 17.4 Å². The number of nitrogens with one attached hydrogen (secondary N) is 3. The molecule has 0 aliphatic carbocycles. The minimum Gasteiger partial charge on any atom is -0.480 e. The van der Waals surface area contributed by atoms with Gasteiger partial charge in [0.2, 0.25) is 17.7 Å². The van der Waals surface area contributed by atoms with Crippen molar-refractivity contribution in [2.75, 3.05) is 6.54 Å². The van der Waals surface area contributed by atoms with Crippen LogP contribution in [-0.4, -0.2) is 74.4 Å². The summed E-state index contributed by atoms with van der Waals surface area (Å²) in [7, 11) is 0. The molecule has 30 heavy (non-hydrogen) atoms. The van der Waals surface area contributed by atoms with Crippen LogP contribution in [0.3, 0.4) is 0 Å². The maximum Gasteiger partial charge on any atom is 0.326 e. The van der Waals surface area contributed by atoms with Gasteiger partial charge in [0.15, 0.2) is 0 Å². The maximum atomic E-state index is 12.8. The van der Waals surface area contributed by atoms with Crippen LogP contribution in [0.25, 0.3) is 0 Å². The molecule has 1 aliphatic rings. The number of aromatic amines is 1. The number of aliphatic carboxylic acids is 1. The van der Waals surface area contributed by atoms with Crippen LogP contribution in [0.2, 0.25) is 0 Å². The average Bonchev–Trinajstić information content (AvgIpc) is 3.35. The van der Waals surface area contributed by atoms with Crippen molar-refractivity contribution in [3.8, 4) is 0 Å². The molecule has 0 radical (unpaired) electrons. The molecule has 0 spiro atoms. The van der Waals surface area contributed by atoms with Gasteiger partial charge in [-0.05, 0) is 25.7 Å². The van der Waals surface area contributed by atoms with E-state index >= 15 is 0 Å². The van der Waals surface area contributed by atoms with Crippen molar-refractivity contribution >= 4 is 23.7 Å². The van der Waals surface area contributed by atoms with Crippen molar-refractivity contribution in [2.24, 2.45) is 11.7 Å². The Hall–Kier alpha value is -2.95. The standard InChI is InChI=1S/C19H30N6O5/c1-10(2)15(17(27)23-13(19(29)30)7-12-8-21-9-22-12)24-16(26)14-5-4-6-25(14)18(28)11(3)20/h8-11,13-15H,4-7,20H2,1-3H3,(H,21,22)(H,23,27)(H,24,26)(H,29,30). The maximum absolute atomic E-state index is 12.8. The van der Waals surface area contributed by atoms with Gasteiger partial charge in [0, 0.05) is 24.9 Å². The smallest absolute Gasteiger partial charge is 0.326 e. The monoisotopic (exact) mass is 422 g/mol. The molecule has 6 N–H and O–H groups in total. The second kappa shape index (κ2) is 10.2. The Balaban J connectivity index is 2.06. The zero-order valence-electron chi connectivity index (χ0n) is 17.4. The molecule has 0 bridgehead atoms. The zero-order valence-corrected chi connectivity index (χ0v) is 17.4. The first-order chi connectivity index (χ1) is 14.1. The van der Waals surface area contributed by atoms with Gasteiger partial charge in [0.1, 0.15) is 18.1 Å². The third-order valence-corrected chi connectivity index (χ3v) is 5.07. The molecule has 11 nitrogen and oxygen atoms in total. The van der Waals surface area contributed by atoms with Gasteiger partial charge < -0.3 is 31.4 Å². The second-order valence-corrected chi connectivity index (χ2v) is 7.89. The fourth-order valence-electron chi connectivity index (χ4n) is 3.43. The van der Waals surface area contributed by atoms with Crippen LogP contribution in [0.4, 0.5) is 0 Å². The summed E-state index contributed by atoms with van der Waals surface area (Å²) in [4.78, 5) is 57.5. The van der Waals surface area contributed by atoms with Crippen LogP contribution in [-0.2, 0) is 25.6 Å². The van der Waals surface area contributed by atoms with E-state index in [0.717, 1.165) is 0 Å². The summed E-state index contributed by atoms with van der Waals surface area (Å²) in [6, 6.07) is -3.55. The summed E-state index contributed by atoms with van der Waals surface area (Å²) in [5, 5.41) is 14.6. The van der Waals surface area contributed by atoms with Crippen molar-refractivity contribution in [2.45, 2.75) is 64.2 Å². The molecule has 2 rings (SSSR count). The number of rotatable bonds is 9. The topological polar surface area (TPSA) is 171 Å². The number of nitrogens with two attached hydrogens (primary N) is 1. The number of amides is 3. The highest BCUT2D eigenvalue weighted by atomic mass is 16.4. The summed E-state index contributed by atoms with van der Waals surface area (Å²) < 4.78 is 0. The Morgan fingerprint density at radius 2 is 2.00 bits per heavy atom. The first kappa shape index (κ1) is 23.3. The van der Waals surface area contributed by atoms with Gasteiger partial charge in [0.25, 0.3) is 0 Å². The fourth-order valence-corrected chi connectivity index (χ4v) is 3.43. The number of nitrogens with zero attached hydrogens (tertiary/aromatic N) is 2. The van der Waals surface area contributed by atoms with Crippen LogP contribution in [0, 0.1) is 5.92 Å². The molecule has 1 fully saturated rings. The molecule has 2 heterocycles. The predicted octanol–water partition coefficient (Wildman–Crippen LogP) is -0.999. The SMILES string of the molecule is CC(N)C(=O)N1CCCC1C(=O)NC(C(=O)NC(Cc1cnc[nH]1)C(=O)O)C(C)C. The summed E-state index contributed by atoms with van der Waals surface area (Å²) in [5.41, 5.74) is 6.22.